The quantitative estimate of drug-likeness (QED) is 0.634. The highest BCUT2D eigenvalue weighted by molar-refractivity contribution is 6.00. The van der Waals surface area contributed by atoms with Crippen LogP contribution in [-0.4, -0.2) is 42.7 Å². The second kappa shape index (κ2) is 6.43. The van der Waals surface area contributed by atoms with Crippen molar-refractivity contribution in [2.24, 2.45) is 9.98 Å². The molecule has 0 amide bonds. The molecule has 1 aromatic carbocycles. The smallest absolute Gasteiger partial charge is 0.188 e. The summed E-state index contributed by atoms with van der Waals surface area (Å²) >= 11 is 0. The summed E-state index contributed by atoms with van der Waals surface area (Å²) in [6, 6.07) is 3.59. The first-order chi connectivity index (χ1) is 9.95. The van der Waals surface area contributed by atoms with Crippen molar-refractivity contribution in [2.45, 2.75) is 6.54 Å². The molecule has 0 atom stereocenters. The largest absolute Gasteiger partial charge is 0.369 e. The van der Waals surface area contributed by atoms with Gasteiger partial charge in [-0.05, 0) is 17.7 Å². The van der Waals surface area contributed by atoms with Crippen molar-refractivity contribution in [1.29, 1.82) is 0 Å². The van der Waals surface area contributed by atoms with E-state index >= 15 is 0 Å². The molecule has 7 heteroatoms. The Morgan fingerprint density at radius 3 is 2.67 bits per heavy atom. The van der Waals surface area contributed by atoms with Crippen LogP contribution in [0.3, 0.4) is 0 Å². The topological polar surface area (TPSA) is 31.2 Å². The average molecular weight is 296 g/mol. The third-order valence-corrected chi connectivity index (χ3v) is 2.69. The van der Waals surface area contributed by atoms with Crippen LogP contribution in [0.4, 0.5) is 13.2 Å². The lowest BCUT2D eigenvalue weighted by atomic mass is 10.2. The van der Waals surface area contributed by atoms with Gasteiger partial charge in [0.25, 0.3) is 0 Å². The Kier molecular flexibility index (Phi) is 4.62. The van der Waals surface area contributed by atoms with Gasteiger partial charge >= 0.3 is 0 Å². The molecule has 4 nitrogen and oxygen atoms in total. The summed E-state index contributed by atoms with van der Waals surface area (Å²) in [4.78, 5) is 11.1. The van der Waals surface area contributed by atoms with Gasteiger partial charge in [-0.2, -0.15) is 0 Å². The predicted octanol–water partition coefficient (Wildman–Crippen LogP) is 2.54. The molecule has 1 heterocycles. The molecule has 0 aliphatic carbocycles. The fourth-order valence-corrected chi connectivity index (χ4v) is 1.73. The lowest BCUT2D eigenvalue weighted by molar-refractivity contribution is 0.363. The van der Waals surface area contributed by atoms with Gasteiger partial charge in [0.15, 0.2) is 23.3 Å². The average Bonchev–Trinajstić information content (AvgIpc) is 2.42. The standard InChI is InChI=1S/C14H15F3N4/c1-20(2)8-18-14-13(17)7-21(9-19-14)6-10-3-4-11(15)12(16)5-10/h3-5,7-8H,6,9H2,1-2H3. The number of rotatable bonds is 3. The summed E-state index contributed by atoms with van der Waals surface area (Å²) < 4.78 is 39.8. The molecule has 0 fully saturated rings. The molecular formula is C14H15F3N4. The summed E-state index contributed by atoms with van der Waals surface area (Å²) in [5, 5.41) is 0. The SMILES string of the molecule is CN(C)C=NC1=NCN(Cc2ccc(F)c(F)c2)C=C1F. The van der Waals surface area contributed by atoms with E-state index in [2.05, 4.69) is 9.98 Å². The Morgan fingerprint density at radius 2 is 2.05 bits per heavy atom. The van der Waals surface area contributed by atoms with E-state index in [1.807, 2.05) is 0 Å². The number of amidine groups is 1. The number of aliphatic imine (C=N–C) groups is 2. The molecule has 1 aliphatic heterocycles. The van der Waals surface area contributed by atoms with Gasteiger partial charge in [0, 0.05) is 26.8 Å². The Balaban J connectivity index is 2.04. The van der Waals surface area contributed by atoms with E-state index in [0.29, 0.717) is 5.56 Å². The van der Waals surface area contributed by atoms with E-state index in [4.69, 9.17) is 0 Å². The van der Waals surface area contributed by atoms with E-state index in [1.54, 1.807) is 23.9 Å². The van der Waals surface area contributed by atoms with Crippen molar-refractivity contribution >= 4 is 12.2 Å². The van der Waals surface area contributed by atoms with Crippen LogP contribution in [0.5, 0.6) is 0 Å². The summed E-state index contributed by atoms with van der Waals surface area (Å²) in [5.74, 6) is -2.38. The summed E-state index contributed by atoms with van der Waals surface area (Å²) in [6.45, 7) is 0.436. The minimum absolute atomic E-state index is 0.0187. The van der Waals surface area contributed by atoms with E-state index in [1.165, 1.54) is 18.6 Å². The Bertz CT molecular complexity index is 608. The number of halogens is 3. The van der Waals surface area contributed by atoms with E-state index < -0.39 is 17.5 Å². The maximum atomic E-state index is 13.8. The van der Waals surface area contributed by atoms with Gasteiger partial charge in [-0.1, -0.05) is 6.07 Å². The Morgan fingerprint density at radius 1 is 1.29 bits per heavy atom. The zero-order chi connectivity index (χ0) is 15.4. The van der Waals surface area contributed by atoms with Crippen molar-refractivity contribution in [3.63, 3.8) is 0 Å². The first kappa shape index (κ1) is 15.1. The molecule has 0 aromatic heterocycles. The molecule has 21 heavy (non-hydrogen) atoms. The molecule has 1 aromatic rings. The first-order valence-corrected chi connectivity index (χ1v) is 6.26. The molecule has 0 N–H and O–H groups in total. The van der Waals surface area contributed by atoms with Crippen molar-refractivity contribution in [3.05, 3.63) is 47.4 Å². The maximum Gasteiger partial charge on any atom is 0.188 e. The van der Waals surface area contributed by atoms with Crippen LogP contribution in [0, 0.1) is 11.6 Å². The van der Waals surface area contributed by atoms with Crippen molar-refractivity contribution in [2.75, 3.05) is 20.8 Å². The molecule has 0 saturated carbocycles. The molecule has 0 saturated heterocycles. The van der Waals surface area contributed by atoms with Crippen LogP contribution in [0.1, 0.15) is 5.56 Å². The fourth-order valence-electron chi connectivity index (χ4n) is 1.73. The molecular weight excluding hydrogens is 281 g/mol. The van der Waals surface area contributed by atoms with Crippen LogP contribution in [-0.2, 0) is 6.54 Å². The summed E-state index contributed by atoms with van der Waals surface area (Å²) in [7, 11) is 3.54. The van der Waals surface area contributed by atoms with Gasteiger partial charge in [-0.15, -0.1) is 0 Å². The second-order valence-electron chi connectivity index (χ2n) is 4.80. The van der Waals surface area contributed by atoms with Gasteiger partial charge in [0.05, 0.1) is 6.34 Å². The minimum Gasteiger partial charge on any atom is -0.369 e. The normalized spacial score (nSPS) is 15.2. The van der Waals surface area contributed by atoms with Gasteiger partial charge < -0.3 is 9.80 Å². The molecule has 0 spiro atoms. The van der Waals surface area contributed by atoms with E-state index in [-0.39, 0.29) is 19.0 Å². The number of hydrogen-bond acceptors (Lipinski definition) is 3. The van der Waals surface area contributed by atoms with Crippen molar-refractivity contribution in [1.82, 2.24) is 9.80 Å². The highest BCUT2D eigenvalue weighted by Crippen LogP contribution is 2.16. The van der Waals surface area contributed by atoms with Crippen molar-refractivity contribution in [3.8, 4) is 0 Å². The number of hydrogen-bond donors (Lipinski definition) is 0. The highest BCUT2D eigenvalue weighted by Gasteiger charge is 2.14. The van der Waals surface area contributed by atoms with Gasteiger partial charge in [0.1, 0.15) is 6.67 Å². The number of nitrogens with zero attached hydrogens (tertiary/aromatic N) is 4. The monoisotopic (exact) mass is 296 g/mol. The van der Waals surface area contributed by atoms with Gasteiger partial charge in [-0.3, -0.25) is 0 Å². The lowest BCUT2D eigenvalue weighted by Crippen LogP contribution is -2.23. The zero-order valence-electron chi connectivity index (χ0n) is 11.7. The Hall–Kier alpha value is -2.31. The lowest BCUT2D eigenvalue weighted by Gasteiger charge is -2.22. The van der Waals surface area contributed by atoms with Gasteiger partial charge in [0.2, 0.25) is 0 Å². The van der Waals surface area contributed by atoms with Crippen LogP contribution in [0.25, 0.3) is 0 Å². The molecule has 2 rings (SSSR count). The van der Waals surface area contributed by atoms with Crippen molar-refractivity contribution < 1.29 is 13.2 Å². The molecule has 0 unspecified atom stereocenters. The summed E-state index contributed by atoms with van der Waals surface area (Å²) in [5.41, 5.74) is 0.536. The second-order valence-corrected chi connectivity index (χ2v) is 4.80. The summed E-state index contributed by atoms with van der Waals surface area (Å²) in [6.07, 6.45) is 2.72. The van der Waals surface area contributed by atoms with Gasteiger partial charge in [-0.25, -0.2) is 23.2 Å². The highest BCUT2D eigenvalue weighted by atomic mass is 19.2. The van der Waals surface area contributed by atoms with E-state index in [9.17, 15) is 13.2 Å². The van der Waals surface area contributed by atoms with Crippen LogP contribution in [0.15, 0.2) is 40.2 Å². The zero-order valence-corrected chi connectivity index (χ0v) is 11.7. The van der Waals surface area contributed by atoms with Crippen LogP contribution in [0.2, 0.25) is 0 Å². The molecule has 1 aliphatic rings. The predicted molar refractivity (Wildman–Crippen MR) is 75.6 cm³/mol. The molecule has 0 bridgehead atoms. The van der Waals surface area contributed by atoms with Crippen LogP contribution >= 0.6 is 0 Å². The Labute approximate surface area is 120 Å². The van der Waals surface area contributed by atoms with E-state index in [0.717, 1.165) is 12.1 Å². The first-order valence-electron chi connectivity index (χ1n) is 6.26. The third kappa shape index (κ3) is 4.08. The maximum absolute atomic E-state index is 13.8. The van der Waals surface area contributed by atoms with Crippen LogP contribution < -0.4 is 0 Å². The molecule has 112 valence electrons. The third-order valence-electron chi connectivity index (χ3n) is 2.69. The minimum atomic E-state index is -0.922. The molecule has 0 radical (unpaired) electrons. The number of benzene rings is 1. The fraction of sp³-hybridized carbons (Fsp3) is 0.286.